The largest absolute Gasteiger partial charge is 0.748 e. The summed E-state index contributed by atoms with van der Waals surface area (Å²) in [6, 6.07) is 0. The molecule has 6 nitrogen and oxygen atoms in total. The van der Waals surface area contributed by atoms with Crippen LogP contribution in [0.15, 0.2) is 6.20 Å². The van der Waals surface area contributed by atoms with Crippen molar-refractivity contribution in [2.45, 2.75) is 12.7 Å². The van der Waals surface area contributed by atoms with Gasteiger partial charge in [0.25, 0.3) is 5.82 Å². The molecule has 0 fully saturated rings. The number of hydrogen-bond acceptors (Lipinski definition) is 5. The highest BCUT2D eigenvalue weighted by atomic mass is 32.2. The first kappa shape index (κ1) is 10.9. The quantitative estimate of drug-likeness (QED) is 0.497. The molecule has 0 spiro atoms. The van der Waals surface area contributed by atoms with Gasteiger partial charge in [0.15, 0.2) is 0 Å². The zero-order chi connectivity index (χ0) is 10.9. The summed E-state index contributed by atoms with van der Waals surface area (Å²) in [6.07, 6.45) is 1.49. The van der Waals surface area contributed by atoms with Gasteiger partial charge in [-0.05, 0) is 4.98 Å². The topological polar surface area (TPSA) is 100.0 Å². The van der Waals surface area contributed by atoms with Crippen LogP contribution in [0.5, 0.6) is 0 Å². The van der Waals surface area contributed by atoms with Gasteiger partial charge in [-0.2, -0.15) is 0 Å². The first-order valence-electron chi connectivity index (χ1n) is 3.85. The Kier molecular flexibility index (Phi) is 2.72. The van der Waals surface area contributed by atoms with Crippen LogP contribution in [0.3, 0.4) is 0 Å². The number of nitrogens with zero attached hydrogens (tertiary/aromatic N) is 2. The Bertz CT molecular complexity index is 455. The highest BCUT2D eigenvalue weighted by Gasteiger charge is 2.13. The summed E-state index contributed by atoms with van der Waals surface area (Å²) in [5, 5.41) is 0. The third-order valence-corrected chi connectivity index (χ3v) is 2.47. The minimum atomic E-state index is -4.31. The van der Waals surface area contributed by atoms with Crippen molar-refractivity contribution in [3.05, 3.63) is 17.6 Å². The predicted octanol–water partition coefficient (Wildman–Crippen LogP) is -1.16. The lowest BCUT2D eigenvalue weighted by Gasteiger charge is -2.06. The molecule has 2 N–H and O–H groups in total. The molecule has 1 heterocycles. The lowest BCUT2D eigenvalue weighted by Crippen LogP contribution is -2.34. The smallest absolute Gasteiger partial charge is 0.297 e. The molecule has 0 bridgehead atoms. The van der Waals surface area contributed by atoms with E-state index in [-0.39, 0.29) is 11.4 Å². The van der Waals surface area contributed by atoms with Crippen molar-refractivity contribution in [2.24, 2.45) is 7.05 Å². The average Bonchev–Trinajstić information content (AvgIpc) is 1.97. The molecule has 0 saturated heterocycles. The van der Waals surface area contributed by atoms with Gasteiger partial charge in [0.2, 0.25) is 5.82 Å². The van der Waals surface area contributed by atoms with E-state index in [1.54, 1.807) is 18.5 Å². The van der Waals surface area contributed by atoms with E-state index in [0.717, 1.165) is 0 Å². The summed E-state index contributed by atoms with van der Waals surface area (Å²) in [5.41, 5.74) is 5.70. The molecule has 14 heavy (non-hydrogen) atoms. The molecule has 0 atom stereocenters. The molecule has 1 rings (SSSR count). The molecule has 78 valence electrons. The molecule has 0 unspecified atom stereocenters. The van der Waals surface area contributed by atoms with E-state index in [0.29, 0.717) is 5.82 Å². The zero-order valence-corrected chi connectivity index (χ0v) is 8.71. The highest BCUT2D eigenvalue weighted by Crippen LogP contribution is 2.09. The van der Waals surface area contributed by atoms with Crippen molar-refractivity contribution < 1.29 is 17.5 Å². The minimum absolute atomic E-state index is 0.0834. The number of aromatic nitrogens is 2. The van der Waals surface area contributed by atoms with Crippen LogP contribution >= 0.6 is 0 Å². The van der Waals surface area contributed by atoms with Crippen LogP contribution < -0.4 is 10.3 Å². The van der Waals surface area contributed by atoms with Crippen LogP contribution in [-0.4, -0.2) is 18.0 Å². The normalized spacial score (nSPS) is 11.6. The lowest BCUT2D eigenvalue weighted by atomic mass is 10.3. The number of anilines is 1. The maximum Gasteiger partial charge on any atom is 0.297 e. The fourth-order valence-electron chi connectivity index (χ4n) is 1.02. The van der Waals surface area contributed by atoms with Crippen molar-refractivity contribution in [3.8, 4) is 0 Å². The monoisotopic (exact) mass is 217 g/mol. The molecule has 1 aromatic heterocycles. The first-order chi connectivity index (χ1) is 6.29. The number of aryl methyl sites for hydroxylation is 2. The maximum atomic E-state index is 10.5. The van der Waals surface area contributed by atoms with Crippen LogP contribution in [-0.2, 0) is 22.9 Å². The SMILES string of the molecule is Cc1nc(N)c(CS(=O)(=O)[O-])c[n+]1C. The van der Waals surface area contributed by atoms with E-state index >= 15 is 0 Å². The summed E-state index contributed by atoms with van der Waals surface area (Å²) in [7, 11) is -2.62. The fourth-order valence-corrected chi connectivity index (χ4v) is 1.62. The molecule has 0 saturated carbocycles. The first-order valence-corrected chi connectivity index (χ1v) is 5.42. The number of nitrogens with two attached hydrogens (primary N) is 1. The zero-order valence-electron chi connectivity index (χ0n) is 7.89. The van der Waals surface area contributed by atoms with E-state index < -0.39 is 15.9 Å². The summed E-state index contributed by atoms with van der Waals surface area (Å²) < 4.78 is 33.1. The van der Waals surface area contributed by atoms with Gasteiger partial charge in [0, 0.05) is 6.92 Å². The second kappa shape index (κ2) is 3.50. The molecule has 0 aromatic carbocycles. The highest BCUT2D eigenvalue weighted by molar-refractivity contribution is 7.84. The second-order valence-corrected chi connectivity index (χ2v) is 4.42. The number of hydrogen-bond donors (Lipinski definition) is 1. The van der Waals surface area contributed by atoms with E-state index in [2.05, 4.69) is 4.98 Å². The van der Waals surface area contributed by atoms with Gasteiger partial charge in [-0.15, -0.1) is 0 Å². The summed E-state index contributed by atoms with van der Waals surface area (Å²) in [6.45, 7) is 1.73. The van der Waals surface area contributed by atoms with Crippen molar-refractivity contribution >= 4 is 15.9 Å². The molecule has 0 radical (unpaired) electrons. The third kappa shape index (κ3) is 2.64. The van der Waals surface area contributed by atoms with Crippen LogP contribution in [0.25, 0.3) is 0 Å². The van der Waals surface area contributed by atoms with Gasteiger partial charge < -0.3 is 10.3 Å². The van der Waals surface area contributed by atoms with Gasteiger partial charge in [-0.3, -0.25) is 0 Å². The van der Waals surface area contributed by atoms with Gasteiger partial charge in [-0.25, -0.2) is 13.0 Å². The van der Waals surface area contributed by atoms with Crippen LogP contribution in [0.2, 0.25) is 0 Å². The van der Waals surface area contributed by atoms with E-state index in [1.165, 1.54) is 6.20 Å². The number of nitrogen functional groups attached to an aromatic ring is 1. The van der Waals surface area contributed by atoms with Gasteiger partial charge in [0.05, 0.1) is 28.5 Å². The Morgan fingerprint density at radius 2 is 2.21 bits per heavy atom. The van der Waals surface area contributed by atoms with E-state index in [9.17, 15) is 13.0 Å². The van der Waals surface area contributed by atoms with E-state index in [4.69, 9.17) is 5.73 Å². The standard InChI is InChI=1S/C7H11N3O3S/c1-5-9-7(8)6(3-10(5)2)4-14(11,12)13/h3,8H,4H2,1-2H3,(H,11,12,13). The molecular formula is C7H11N3O3S. The summed E-state index contributed by atoms with van der Waals surface area (Å²) in [5.74, 6) is 0.106. The molecule has 1 aromatic rings. The maximum absolute atomic E-state index is 10.5. The summed E-state index contributed by atoms with van der Waals surface area (Å²) >= 11 is 0. The minimum Gasteiger partial charge on any atom is -0.748 e. The Morgan fingerprint density at radius 3 is 2.71 bits per heavy atom. The van der Waals surface area contributed by atoms with Crippen molar-refractivity contribution in [1.82, 2.24) is 4.98 Å². The molecular weight excluding hydrogens is 206 g/mol. The van der Waals surface area contributed by atoms with Crippen LogP contribution in [0, 0.1) is 6.92 Å². The fraction of sp³-hybridized carbons (Fsp3) is 0.429. The summed E-state index contributed by atoms with van der Waals surface area (Å²) in [4.78, 5) is 3.89. The van der Waals surface area contributed by atoms with Crippen molar-refractivity contribution in [1.29, 1.82) is 0 Å². The Balaban J connectivity index is 3.17. The van der Waals surface area contributed by atoms with Crippen molar-refractivity contribution in [2.75, 3.05) is 5.73 Å². The van der Waals surface area contributed by atoms with Crippen molar-refractivity contribution in [3.63, 3.8) is 0 Å². The van der Waals surface area contributed by atoms with E-state index in [1.807, 2.05) is 0 Å². The van der Waals surface area contributed by atoms with Gasteiger partial charge in [-0.1, -0.05) is 0 Å². The Morgan fingerprint density at radius 1 is 1.64 bits per heavy atom. The number of rotatable bonds is 2. The molecule has 0 aliphatic rings. The lowest BCUT2D eigenvalue weighted by molar-refractivity contribution is -0.681. The predicted molar refractivity (Wildman–Crippen MR) is 48.0 cm³/mol. The average molecular weight is 217 g/mol. The molecule has 7 heteroatoms. The van der Waals surface area contributed by atoms with Crippen LogP contribution in [0.4, 0.5) is 5.82 Å². The molecule has 0 aliphatic carbocycles. The molecule has 0 aliphatic heterocycles. The van der Waals surface area contributed by atoms with Gasteiger partial charge in [0.1, 0.15) is 6.20 Å². The van der Waals surface area contributed by atoms with Crippen LogP contribution in [0.1, 0.15) is 11.4 Å². The molecule has 0 amide bonds. The Hall–Kier alpha value is -1.21. The Labute approximate surface area is 82.1 Å². The second-order valence-electron chi connectivity index (χ2n) is 3.01. The third-order valence-electron chi connectivity index (χ3n) is 1.80. The van der Waals surface area contributed by atoms with Gasteiger partial charge >= 0.3 is 0 Å².